The topological polar surface area (TPSA) is 66.5 Å². The average molecular weight is 447 g/mol. The molecule has 0 spiro atoms. The summed E-state index contributed by atoms with van der Waals surface area (Å²) in [6, 6.07) is 13.1. The summed E-state index contributed by atoms with van der Waals surface area (Å²) in [5.41, 5.74) is 2.67. The molecule has 3 rings (SSSR count). The summed E-state index contributed by atoms with van der Waals surface area (Å²) < 4.78 is 27.7. The lowest BCUT2D eigenvalue weighted by Crippen LogP contribution is -2.41. The number of rotatable bonds is 8. The van der Waals surface area contributed by atoms with E-state index in [2.05, 4.69) is 11.4 Å². The monoisotopic (exact) mass is 446 g/mol. The highest BCUT2D eigenvalue weighted by molar-refractivity contribution is 7.92. The second kappa shape index (κ2) is 10.1. The van der Waals surface area contributed by atoms with Crippen molar-refractivity contribution in [1.82, 2.24) is 5.32 Å². The zero-order valence-electron chi connectivity index (χ0n) is 17.1. The fourth-order valence-electron chi connectivity index (χ4n) is 3.46. The van der Waals surface area contributed by atoms with Gasteiger partial charge in [-0.05, 0) is 69.4 Å². The van der Waals surface area contributed by atoms with Crippen molar-refractivity contribution in [2.75, 3.05) is 17.4 Å². The van der Waals surface area contributed by atoms with Crippen molar-refractivity contribution in [2.24, 2.45) is 0 Å². The van der Waals surface area contributed by atoms with Crippen LogP contribution in [-0.4, -0.2) is 27.4 Å². The van der Waals surface area contributed by atoms with E-state index in [-0.39, 0.29) is 17.3 Å². The maximum Gasteiger partial charge on any atom is 0.264 e. The molecular weight excluding hydrogens is 420 g/mol. The maximum absolute atomic E-state index is 13.3. The van der Waals surface area contributed by atoms with E-state index < -0.39 is 10.0 Å². The molecule has 1 amide bonds. The van der Waals surface area contributed by atoms with E-state index in [0.717, 1.165) is 29.1 Å². The van der Waals surface area contributed by atoms with E-state index >= 15 is 0 Å². The first-order chi connectivity index (χ1) is 14.4. The molecule has 0 saturated heterocycles. The van der Waals surface area contributed by atoms with E-state index in [9.17, 15) is 13.2 Å². The van der Waals surface area contributed by atoms with Gasteiger partial charge >= 0.3 is 0 Å². The number of nitrogens with one attached hydrogen (secondary N) is 1. The molecule has 0 aromatic heterocycles. The number of sulfonamides is 1. The molecule has 1 aliphatic rings. The summed E-state index contributed by atoms with van der Waals surface area (Å²) in [6.07, 6.45) is 7.63. The van der Waals surface area contributed by atoms with Crippen molar-refractivity contribution in [2.45, 2.75) is 43.9 Å². The van der Waals surface area contributed by atoms with E-state index in [1.54, 1.807) is 48.5 Å². The molecule has 7 heteroatoms. The largest absolute Gasteiger partial charge is 0.354 e. The van der Waals surface area contributed by atoms with E-state index in [4.69, 9.17) is 11.6 Å². The highest BCUT2D eigenvalue weighted by Crippen LogP contribution is 2.26. The van der Waals surface area contributed by atoms with Gasteiger partial charge in [0.2, 0.25) is 5.91 Å². The van der Waals surface area contributed by atoms with Gasteiger partial charge in [0.05, 0.1) is 10.6 Å². The van der Waals surface area contributed by atoms with Crippen LogP contribution >= 0.6 is 11.6 Å². The van der Waals surface area contributed by atoms with Gasteiger partial charge in [0.15, 0.2) is 0 Å². The second-order valence-electron chi connectivity index (χ2n) is 7.51. The summed E-state index contributed by atoms with van der Waals surface area (Å²) in [4.78, 5) is 12.7. The molecule has 0 fully saturated rings. The van der Waals surface area contributed by atoms with Crippen LogP contribution in [0.5, 0.6) is 0 Å². The van der Waals surface area contributed by atoms with Crippen LogP contribution in [0.3, 0.4) is 0 Å². The lowest BCUT2D eigenvalue weighted by Gasteiger charge is -2.24. The van der Waals surface area contributed by atoms with Gasteiger partial charge in [0, 0.05) is 11.6 Å². The second-order valence-corrected chi connectivity index (χ2v) is 9.81. The number of halogens is 1. The Hall–Kier alpha value is -2.31. The molecule has 0 heterocycles. The number of carbonyl (C=O) groups excluding carboxylic acids is 1. The molecule has 2 aromatic rings. The molecule has 0 radical (unpaired) electrons. The molecule has 1 N–H and O–H groups in total. The average Bonchev–Trinajstić information content (AvgIpc) is 2.73. The zero-order chi connectivity index (χ0) is 21.6. The molecule has 5 nitrogen and oxygen atoms in total. The molecule has 2 aromatic carbocycles. The standard InChI is InChI=1S/C23H27ClN2O3S/c1-18-10-12-22(13-11-18)30(28,29)26(21-9-5-8-20(24)16-21)17-23(27)25-15-14-19-6-3-2-4-7-19/h5-6,8-13,16H,2-4,7,14-15,17H2,1H3,(H,25,27). The molecule has 0 bridgehead atoms. The Morgan fingerprint density at radius 3 is 2.57 bits per heavy atom. The predicted octanol–water partition coefficient (Wildman–Crippen LogP) is 4.85. The molecule has 160 valence electrons. The van der Waals surface area contributed by atoms with Crippen molar-refractivity contribution in [3.63, 3.8) is 0 Å². The van der Waals surface area contributed by atoms with Crippen molar-refractivity contribution < 1.29 is 13.2 Å². The van der Waals surface area contributed by atoms with Gasteiger partial charge < -0.3 is 5.32 Å². The number of benzene rings is 2. The Balaban J connectivity index is 1.77. The molecular formula is C23H27ClN2O3S. The summed E-state index contributed by atoms with van der Waals surface area (Å²) >= 11 is 6.08. The fraction of sp³-hybridized carbons (Fsp3) is 0.348. The summed E-state index contributed by atoms with van der Waals surface area (Å²) in [5, 5.41) is 3.26. The molecule has 0 aliphatic heterocycles. The Kier molecular flexibility index (Phi) is 7.56. The van der Waals surface area contributed by atoms with Crippen LogP contribution in [0.4, 0.5) is 5.69 Å². The number of hydrogen-bond acceptors (Lipinski definition) is 3. The zero-order valence-corrected chi connectivity index (χ0v) is 18.7. The SMILES string of the molecule is Cc1ccc(S(=O)(=O)N(CC(=O)NCCC2=CCCCC2)c2cccc(Cl)c2)cc1. The van der Waals surface area contributed by atoms with Crippen LogP contribution in [0.25, 0.3) is 0 Å². The van der Waals surface area contributed by atoms with Crippen molar-refractivity contribution in [1.29, 1.82) is 0 Å². The Labute approximate surface area is 183 Å². The summed E-state index contributed by atoms with van der Waals surface area (Å²) in [7, 11) is -3.93. The van der Waals surface area contributed by atoms with Crippen molar-refractivity contribution in [3.8, 4) is 0 Å². The van der Waals surface area contributed by atoms with E-state index in [0.29, 0.717) is 17.3 Å². The van der Waals surface area contributed by atoms with Crippen molar-refractivity contribution >= 4 is 33.2 Å². The van der Waals surface area contributed by atoms with E-state index in [1.807, 2.05) is 6.92 Å². The van der Waals surface area contributed by atoms with E-state index in [1.165, 1.54) is 18.4 Å². The number of amides is 1. The van der Waals surface area contributed by atoms with Gasteiger partial charge in [0.1, 0.15) is 6.54 Å². The minimum absolute atomic E-state index is 0.133. The molecule has 30 heavy (non-hydrogen) atoms. The van der Waals surface area contributed by atoms with Crippen LogP contribution in [0.15, 0.2) is 65.1 Å². The fourth-order valence-corrected chi connectivity index (χ4v) is 5.06. The Morgan fingerprint density at radius 1 is 1.13 bits per heavy atom. The van der Waals surface area contributed by atoms with Gasteiger partial charge in [0.25, 0.3) is 10.0 Å². The lowest BCUT2D eigenvalue weighted by molar-refractivity contribution is -0.119. The van der Waals surface area contributed by atoms with Gasteiger partial charge in [-0.15, -0.1) is 0 Å². The van der Waals surface area contributed by atoms with Crippen LogP contribution in [-0.2, 0) is 14.8 Å². The number of hydrogen-bond donors (Lipinski definition) is 1. The molecule has 0 saturated carbocycles. The number of nitrogens with zero attached hydrogens (tertiary/aromatic N) is 1. The first kappa shape index (κ1) is 22.4. The normalized spacial score (nSPS) is 14.1. The van der Waals surface area contributed by atoms with Gasteiger partial charge in [-0.1, -0.05) is 47.0 Å². The minimum atomic E-state index is -3.93. The Morgan fingerprint density at radius 2 is 1.90 bits per heavy atom. The summed E-state index contributed by atoms with van der Waals surface area (Å²) in [6.45, 7) is 2.08. The van der Waals surface area contributed by atoms with Gasteiger partial charge in [-0.25, -0.2) is 8.42 Å². The first-order valence-electron chi connectivity index (χ1n) is 10.2. The highest BCUT2D eigenvalue weighted by Gasteiger charge is 2.27. The van der Waals surface area contributed by atoms with Crippen LogP contribution in [0, 0.1) is 6.92 Å². The Bertz CT molecular complexity index is 1020. The third kappa shape index (κ3) is 5.86. The van der Waals surface area contributed by atoms with Gasteiger partial charge in [-0.2, -0.15) is 0 Å². The number of allylic oxidation sites excluding steroid dienone is 1. The molecule has 0 atom stereocenters. The van der Waals surface area contributed by atoms with Crippen LogP contribution in [0.2, 0.25) is 5.02 Å². The van der Waals surface area contributed by atoms with Crippen LogP contribution in [0.1, 0.15) is 37.7 Å². The quantitative estimate of drug-likeness (QED) is 0.589. The van der Waals surface area contributed by atoms with Crippen LogP contribution < -0.4 is 9.62 Å². The minimum Gasteiger partial charge on any atom is -0.354 e. The highest BCUT2D eigenvalue weighted by atomic mass is 35.5. The third-order valence-corrected chi connectivity index (χ3v) is 7.17. The maximum atomic E-state index is 13.3. The molecule has 1 aliphatic carbocycles. The number of carbonyl (C=O) groups is 1. The van der Waals surface area contributed by atoms with Crippen molar-refractivity contribution in [3.05, 3.63) is 70.8 Å². The lowest BCUT2D eigenvalue weighted by atomic mass is 9.97. The smallest absolute Gasteiger partial charge is 0.264 e. The third-order valence-electron chi connectivity index (χ3n) is 5.15. The predicted molar refractivity (Wildman–Crippen MR) is 121 cm³/mol. The first-order valence-corrected chi connectivity index (χ1v) is 12.0. The summed E-state index contributed by atoms with van der Waals surface area (Å²) in [5.74, 6) is -0.345. The number of anilines is 1. The number of aryl methyl sites for hydroxylation is 1. The molecule has 0 unspecified atom stereocenters. The van der Waals surface area contributed by atoms with Gasteiger partial charge in [-0.3, -0.25) is 9.10 Å².